The molecule has 0 saturated carbocycles. The molecule has 1 atom stereocenters. The summed E-state index contributed by atoms with van der Waals surface area (Å²) in [4.78, 5) is 38.3. The number of carbonyl (C=O) groups is 3. The Kier molecular flexibility index (Phi) is 60.3. The van der Waals surface area contributed by atoms with E-state index in [-0.39, 0.29) is 31.1 Å². The molecule has 0 aromatic rings. The number of unbranched alkanes of at least 4 members (excludes halogenated alkanes) is 33. The lowest BCUT2D eigenvalue weighted by molar-refractivity contribution is -0.167. The third-order valence-electron chi connectivity index (χ3n) is 13.9. The Morgan fingerprint density at radius 3 is 0.840 bits per heavy atom. The Balaban J connectivity index is 4.29. The van der Waals surface area contributed by atoms with Crippen LogP contribution in [0, 0.1) is 0 Å². The number of hydrogen-bond donors (Lipinski definition) is 0. The van der Waals surface area contributed by atoms with E-state index in [9.17, 15) is 14.4 Å². The van der Waals surface area contributed by atoms with Gasteiger partial charge in [0.15, 0.2) is 6.10 Å². The van der Waals surface area contributed by atoms with Crippen LogP contribution in [0.1, 0.15) is 316 Å². The molecule has 0 bridgehead atoms. The van der Waals surface area contributed by atoms with Gasteiger partial charge in [-0.05, 0) is 96.3 Å². The summed E-state index contributed by atoms with van der Waals surface area (Å²) in [7, 11) is 0. The first-order valence-corrected chi connectivity index (χ1v) is 32.1. The summed E-state index contributed by atoms with van der Waals surface area (Å²) < 4.78 is 16.9. The molecule has 0 rings (SSSR count). The van der Waals surface area contributed by atoms with Crippen LogP contribution in [0.25, 0.3) is 0 Å². The molecule has 0 radical (unpaired) electrons. The minimum Gasteiger partial charge on any atom is -0.462 e. The topological polar surface area (TPSA) is 78.9 Å². The second-order valence-electron chi connectivity index (χ2n) is 21.3. The van der Waals surface area contributed by atoms with Gasteiger partial charge in [0.05, 0.1) is 0 Å². The van der Waals surface area contributed by atoms with Gasteiger partial charge in [0.25, 0.3) is 0 Å². The van der Waals surface area contributed by atoms with Crippen LogP contribution in [0.15, 0.2) is 85.1 Å². The fourth-order valence-electron chi connectivity index (χ4n) is 9.09. The second-order valence-corrected chi connectivity index (χ2v) is 21.3. The van der Waals surface area contributed by atoms with Crippen molar-refractivity contribution in [2.45, 2.75) is 322 Å². The molecule has 0 N–H and O–H groups in total. The zero-order valence-electron chi connectivity index (χ0n) is 49.6. The maximum absolute atomic E-state index is 12.9. The number of carbonyl (C=O) groups excluding carboxylic acids is 3. The van der Waals surface area contributed by atoms with Crippen LogP contribution >= 0.6 is 0 Å². The van der Waals surface area contributed by atoms with Crippen LogP contribution in [0.3, 0.4) is 0 Å². The van der Waals surface area contributed by atoms with Gasteiger partial charge in [0, 0.05) is 19.3 Å². The van der Waals surface area contributed by atoms with Crippen molar-refractivity contribution >= 4 is 17.9 Å². The second kappa shape index (κ2) is 63.1. The molecule has 1 unspecified atom stereocenters. The van der Waals surface area contributed by atoms with Gasteiger partial charge in [-0.2, -0.15) is 0 Å². The Hall–Kier alpha value is -3.41. The van der Waals surface area contributed by atoms with E-state index >= 15 is 0 Å². The first kappa shape index (κ1) is 71.6. The zero-order chi connectivity index (χ0) is 54.3. The van der Waals surface area contributed by atoms with Gasteiger partial charge in [-0.1, -0.05) is 286 Å². The van der Waals surface area contributed by atoms with Gasteiger partial charge in [-0.3, -0.25) is 14.4 Å². The highest BCUT2D eigenvalue weighted by atomic mass is 16.6. The molecule has 0 heterocycles. The minimum absolute atomic E-state index is 0.0795. The third kappa shape index (κ3) is 61.3. The minimum atomic E-state index is -0.784. The van der Waals surface area contributed by atoms with Gasteiger partial charge in [-0.15, -0.1) is 0 Å². The molecule has 0 fully saturated rings. The fourth-order valence-corrected chi connectivity index (χ4v) is 9.09. The molecule has 0 amide bonds. The van der Waals surface area contributed by atoms with Crippen molar-refractivity contribution < 1.29 is 28.6 Å². The molecule has 0 aromatic heterocycles. The summed E-state index contributed by atoms with van der Waals surface area (Å²) in [6.45, 7) is 6.52. The number of ether oxygens (including phenoxy) is 3. The molecular weight excluding hydrogens is 925 g/mol. The highest BCUT2D eigenvalue weighted by Gasteiger charge is 2.19. The van der Waals surface area contributed by atoms with Crippen molar-refractivity contribution in [3.63, 3.8) is 0 Å². The largest absolute Gasteiger partial charge is 0.462 e. The molecule has 75 heavy (non-hydrogen) atoms. The molecule has 0 spiro atoms. The first-order valence-electron chi connectivity index (χ1n) is 32.1. The maximum atomic E-state index is 12.9. The van der Waals surface area contributed by atoms with E-state index in [1.54, 1.807) is 0 Å². The Morgan fingerprint density at radius 2 is 0.520 bits per heavy atom. The molecule has 6 nitrogen and oxygen atoms in total. The van der Waals surface area contributed by atoms with Crippen LogP contribution in [0.4, 0.5) is 0 Å². The number of allylic oxidation sites excluding steroid dienone is 14. The molecule has 0 aliphatic carbocycles. The van der Waals surface area contributed by atoms with Crippen LogP contribution in [0.5, 0.6) is 0 Å². The van der Waals surface area contributed by atoms with Gasteiger partial charge < -0.3 is 14.2 Å². The average Bonchev–Trinajstić information content (AvgIpc) is 3.41. The van der Waals surface area contributed by atoms with Crippen LogP contribution in [0.2, 0.25) is 0 Å². The SMILES string of the molecule is CC/C=C\C/C=C\C/C=C\C/C=C\C/C=C\CCCCCCCCCCCCCC(=O)OCC(COC(=O)CCCCCCCCCCCCCCCCC)OC(=O)CCCCCCC/C=C\C/C=C\CCCCC. The van der Waals surface area contributed by atoms with Gasteiger partial charge in [0.2, 0.25) is 0 Å². The average molecular weight is 1050 g/mol. The van der Waals surface area contributed by atoms with Gasteiger partial charge in [-0.25, -0.2) is 0 Å². The van der Waals surface area contributed by atoms with Crippen molar-refractivity contribution in [1.82, 2.24) is 0 Å². The Bertz CT molecular complexity index is 1430. The van der Waals surface area contributed by atoms with Crippen molar-refractivity contribution in [1.29, 1.82) is 0 Å². The number of rotatable bonds is 58. The van der Waals surface area contributed by atoms with Crippen LogP contribution in [-0.2, 0) is 28.6 Å². The summed E-state index contributed by atoms with van der Waals surface area (Å²) in [5.41, 5.74) is 0. The molecule has 0 saturated heterocycles. The Morgan fingerprint density at radius 1 is 0.280 bits per heavy atom. The van der Waals surface area contributed by atoms with E-state index in [0.29, 0.717) is 19.3 Å². The fraction of sp³-hybridized carbons (Fsp3) is 0.754. The van der Waals surface area contributed by atoms with E-state index in [2.05, 4.69) is 106 Å². The predicted octanol–water partition coefficient (Wildman–Crippen LogP) is 21.9. The summed E-state index contributed by atoms with van der Waals surface area (Å²) in [6.07, 6.45) is 83.0. The quantitative estimate of drug-likeness (QED) is 0.0261. The number of hydrogen-bond acceptors (Lipinski definition) is 6. The van der Waals surface area contributed by atoms with Gasteiger partial charge in [0.1, 0.15) is 13.2 Å². The molecule has 6 heteroatoms. The summed E-state index contributed by atoms with van der Waals surface area (Å²) in [5.74, 6) is -0.883. The smallest absolute Gasteiger partial charge is 0.306 e. The zero-order valence-corrected chi connectivity index (χ0v) is 49.6. The molecule has 432 valence electrons. The molecular formula is C69H120O6. The monoisotopic (exact) mass is 1040 g/mol. The van der Waals surface area contributed by atoms with E-state index in [1.807, 2.05) is 0 Å². The highest BCUT2D eigenvalue weighted by molar-refractivity contribution is 5.71. The maximum Gasteiger partial charge on any atom is 0.306 e. The van der Waals surface area contributed by atoms with Crippen molar-refractivity contribution in [3.8, 4) is 0 Å². The summed E-state index contributed by atoms with van der Waals surface area (Å²) in [6, 6.07) is 0. The summed E-state index contributed by atoms with van der Waals surface area (Å²) in [5, 5.41) is 0. The van der Waals surface area contributed by atoms with Crippen LogP contribution in [-0.4, -0.2) is 37.2 Å². The lowest BCUT2D eigenvalue weighted by atomic mass is 10.0. The van der Waals surface area contributed by atoms with Crippen LogP contribution < -0.4 is 0 Å². The van der Waals surface area contributed by atoms with E-state index in [0.717, 1.165) is 116 Å². The first-order chi connectivity index (χ1) is 37.0. The normalized spacial score (nSPS) is 12.6. The van der Waals surface area contributed by atoms with Gasteiger partial charge >= 0.3 is 17.9 Å². The summed E-state index contributed by atoms with van der Waals surface area (Å²) >= 11 is 0. The van der Waals surface area contributed by atoms with Crippen molar-refractivity contribution in [2.75, 3.05) is 13.2 Å². The van der Waals surface area contributed by atoms with Crippen molar-refractivity contribution in [2.24, 2.45) is 0 Å². The van der Waals surface area contributed by atoms with E-state index < -0.39 is 6.10 Å². The molecule has 0 aliphatic heterocycles. The highest BCUT2D eigenvalue weighted by Crippen LogP contribution is 2.17. The van der Waals surface area contributed by atoms with E-state index in [1.165, 1.54) is 161 Å². The van der Waals surface area contributed by atoms with Crippen molar-refractivity contribution in [3.05, 3.63) is 85.1 Å². The number of esters is 3. The lowest BCUT2D eigenvalue weighted by Crippen LogP contribution is -2.30. The van der Waals surface area contributed by atoms with E-state index in [4.69, 9.17) is 14.2 Å². The Labute approximate surface area is 465 Å². The molecule has 0 aliphatic rings. The predicted molar refractivity (Wildman–Crippen MR) is 325 cm³/mol. The lowest BCUT2D eigenvalue weighted by Gasteiger charge is -2.18. The molecule has 0 aromatic carbocycles. The third-order valence-corrected chi connectivity index (χ3v) is 13.9. The standard InChI is InChI=1S/C69H120O6/c1-4-7-10-13-16-19-22-25-28-29-30-31-32-33-34-35-36-37-38-39-42-44-47-50-53-56-59-62-68(71)74-65-66(75-69(72)63-60-57-54-51-48-45-41-27-24-21-18-15-12-9-6-3)64-73-67(70)61-58-55-52-49-46-43-40-26-23-20-17-14-11-8-5-2/h7,10,16,18-19,21,25,27-28,30-31,33-34,41,66H,4-6,8-9,11-15,17,20,22-24,26,29,32,35-40,42-65H2,1-3H3/b10-7-,19-16-,21-18-,28-25-,31-30-,34-33-,41-27-.